The van der Waals surface area contributed by atoms with Gasteiger partial charge >= 0.3 is 5.97 Å². The monoisotopic (exact) mass is 628 g/mol. The van der Waals surface area contributed by atoms with E-state index in [2.05, 4.69) is 45.0 Å². The number of carbonyl (C=O) groups excluding carboxylic acids is 1. The van der Waals surface area contributed by atoms with Gasteiger partial charge in [-0.25, -0.2) is 4.79 Å². The van der Waals surface area contributed by atoms with Crippen LogP contribution in [0.2, 0.25) is 0 Å². The lowest BCUT2D eigenvalue weighted by atomic mass is 10.0. The zero-order chi connectivity index (χ0) is 32.7. The normalized spacial score (nSPS) is 11.8. The van der Waals surface area contributed by atoms with Crippen LogP contribution in [0.5, 0.6) is 11.5 Å². The highest BCUT2D eigenvalue weighted by Crippen LogP contribution is 2.26. The molecule has 0 heterocycles. The number of hydrogen-bond donors (Lipinski definition) is 0. The predicted molar refractivity (Wildman–Crippen MR) is 193 cm³/mol. The first-order valence-electron chi connectivity index (χ1n) is 18.4. The molecule has 1 atom stereocenters. The maximum Gasteiger partial charge on any atom is 0.343 e. The molecule has 252 valence electrons. The second-order valence-electron chi connectivity index (χ2n) is 12.7. The summed E-state index contributed by atoms with van der Waals surface area (Å²) in [5, 5.41) is 0. The van der Waals surface area contributed by atoms with Crippen LogP contribution in [0.15, 0.2) is 72.8 Å². The fourth-order valence-corrected chi connectivity index (χ4v) is 5.74. The third-order valence-corrected chi connectivity index (χ3v) is 8.71. The van der Waals surface area contributed by atoms with Gasteiger partial charge in [0, 0.05) is 6.61 Å². The molecule has 0 aliphatic rings. The Balaban J connectivity index is 1.24. The molecule has 1 unspecified atom stereocenters. The Labute approximate surface area is 280 Å². The molecular formula is C42H60O4. The standard InChI is InChI=1S/C42H60O4/c1-4-6-7-8-9-10-11-12-13-14-15-16-17-18-19-20-34-44-35(3)36-21-23-37(24-22-36)38-25-31-41(32-26-38)46-42(43)39-27-29-40(30-28-39)45-33-5-2/h21-32,35H,4-20,33-34H2,1-3H3. The van der Waals surface area contributed by atoms with E-state index in [0.717, 1.165) is 36.3 Å². The lowest BCUT2D eigenvalue weighted by molar-refractivity contribution is 0.0627. The molecule has 0 saturated heterocycles. The van der Waals surface area contributed by atoms with Gasteiger partial charge in [0.25, 0.3) is 0 Å². The van der Waals surface area contributed by atoms with Crippen LogP contribution in [0, 0.1) is 0 Å². The highest BCUT2D eigenvalue weighted by molar-refractivity contribution is 5.91. The zero-order valence-corrected chi connectivity index (χ0v) is 29.1. The average Bonchev–Trinajstić information content (AvgIpc) is 3.09. The minimum atomic E-state index is -0.382. The van der Waals surface area contributed by atoms with Gasteiger partial charge in [-0.2, -0.15) is 0 Å². The Hall–Kier alpha value is -3.11. The van der Waals surface area contributed by atoms with Crippen molar-refractivity contribution in [2.75, 3.05) is 13.2 Å². The number of ether oxygens (including phenoxy) is 3. The van der Waals surface area contributed by atoms with E-state index in [1.807, 2.05) is 24.3 Å². The van der Waals surface area contributed by atoms with Crippen molar-refractivity contribution in [3.8, 4) is 22.6 Å². The summed E-state index contributed by atoms with van der Waals surface area (Å²) in [6.07, 6.45) is 23.1. The van der Waals surface area contributed by atoms with Crippen molar-refractivity contribution in [1.82, 2.24) is 0 Å². The van der Waals surface area contributed by atoms with Gasteiger partial charge < -0.3 is 14.2 Å². The van der Waals surface area contributed by atoms with E-state index in [-0.39, 0.29) is 12.1 Å². The first-order chi connectivity index (χ1) is 22.6. The van der Waals surface area contributed by atoms with E-state index in [4.69, 9.17) is 14.2 Å². The maximum absolute atomic E-state index is 12.6. The quantitative estimate of drug-likeness (QED) is 0.0532. The number of carbonyl (C=O) groups is 1. The number of hydrogen-bond acceptors (Lipinski definition) is 4. The number of esters is 1. The SMILES string of the molecule is CCCCCCCCCCCCCCCCCCOC(C)c1ccc(-c2ccc(OC(=O)c3ccc(OCCC)cc3)cc2)cc1. The summed E-state index contributed by atoms with van der Waals surface area (Å²) in [6, 6.07) is 23.3. The summed E-state index contributed by atoms with van der Waals surface area (Å²) >= 11 is 0. The molecule has 3 rings (SSSR count). The lowest BCUT2D eigenvalue weighted by Gasteiger charge is -2.14. The Kier molecular flexibility index (Phi) is 18.9. The van der Waals surface area contributed by atoms with Crippen LogP contribution in [0.3, 0.4) is 0 Å². The molecule has 4 heteroatoms. The summed E-state index contributed by atoms with van der Waals surface area (Å²) < 4.78 is 17.3. The van der Waals surface area contributed by atoms with Crippen molar-refractivity contribution in [3.63, 3.8) is 0 Å². The summed E-state index contributed by atoms with van der Waals surface area (Å²) in [5.41, 5.74) is 3.88. The Morgan fingerprint density at radius 1 is 0.522 bits per heavy atom. The van der Waals surface area contributed by atoms with E-state index in [0.29, 0.717) is 17.9 Å². The van der Waals surface area contributed by atoms with Gasteiger partial charge in [0.2, 0.25) is 0 Å². The summed E-state index contributed by atoms with van der Waals surface area (Å²) in [5.74, 6) is 0.894. The average molecular weight is 629 g/mol. The molecule has 0 radical (unpaired) electrons. The molecule has 3 aromatic carbocycles. The second kappa shape index (κ2) is 23.2. The molecular weight excluding hydrogens is 568 g/mol. The molecule has 0 aliphatic heterocycles. The molecule has 4 nitrogen and oxygen atoms in total. The zero-order valence-electron chi connectivity index (χ0n) is 29.1. The van der Waals surface area contributed by atoms with Crippen LogP contribution in [-0.4, -0.2) is 19.2 Å². The van der Waals surface area contributed by atoms with E-state index >= 15 is 0 Å². The van der Waals surface area contributed by atoms with Gasteiger partial charge in [0.1, 0.15) is 11.5 Å². The van der Waals surface area contributed by atoms with Crippen molar-refractivity contribution in [1.29, 1.82) is 0 Å². The van der Waals surface area contributed by atoms with Crippen LogP contribution >= 0.6 is 0 Å². The van der Waals surface area contributed by atoms with Gasteiger partial charge in [0.05, 0.1) is 18.3 Å². The molecule has 0 amide bonds. The topological polar surface area (TPSA) is 44.8 Å². The molecule has 0 bridgehead atoms. The lowest BCUT2D eigenvalue weighted by Crippen LogP contribution is -2.08. The van der Waals surface area contributed by atoms with Crippen LogP contribution < -0.4 is 9.47 Å². The molecule has 0 fully saturated rings. The van der Waals surface area contributed by atoms with Crippen LogP contribution in [0.25, 0.3) is 11.1 Å². The molecule has 0 aliphatic carbocycles. The number of rotatable bonds is 25. The first-order valence-corrected chi connectivity index (χ1v) is 18.4. The van der Waals surface area contributed by atoms with E-state index in [9.17, 15) is 4.79 Å². The van der Waals surface area contributed by atoms with Crippen molar-refractivity contribution in [3.05, 3.63) is 83.9 Å². The van der Waals surface area contributed by atoms with Gasteiger partial charge in [-0.1, -0.05) is 147 Å². The highest BCUT2D eigenvalue weighted by atomic mass is 16.5. The minimum Gasteiger partial charge on any atom is -0.494 e. The second-order valence-corrected chi connectivity index (χ2v) is 12.7. The molecule has 0 aromatic heterocycles. The maximum atomic E-state index is 12.6. The Morgan fingerprint density at radius 2 is 0.978 bits per heavy atom. The predicted octanol–water partition coefficient (Wildman–Crippen LogP) is 12.7. The summed E-state index contributed by atoms with van der Waals surface area (Å²) in [4.78, 5) is 12.6. The highest BCUT2D eigenvalue weighted by Gasteiger charge is 2.10. The third kappa shape index (κ3) is 15.0. The Morgan fingerprint density at radius 3 is 1.48 bits per heavy atom. The molecule has 3 aromatic rings. The van der Waals surface area contributed by atoms with Gasteiger partial charge in [0.15, 0.2) is 0 Å². The van der Waals surface area contributed by atoms with Crippen LogP contribution in [0.4, 0.5) is 0 Å². The van der Waals surface area contributed by atoms with Crippen molar-refractivity contribution >= 4 is 5.97 Å². The van der Waals surface area contributed by atoms with Gasteiger partial charge in [-0.05, 0) is 72.9 Å². The van der Waals surface area contributed by atoms with Crippen molar-refractivity contribution in [2.24, 2.45) is 0 Å². The summed E-state index contributed by atoms with van der Waals surface area (Å²) in [7, 11) is 0. The Bertz CT molecular complexity index is 1180. The molecule has 0 saturated carbocycles. The number of benzene rings is 3. The van der Waals surface area contributed by atoms with Crippen molar-refractivity contribution in [2.45, 2.75) is 136 Å². The largest absolute Gasteiger partial charge is 0.494 e. The minimum absolute atomic E-state index is 0.0828. The van der Waals surface area contributed by atoms with Crippen LogP contribution in [-0.2, 0) is 4.74 Å². The first kappa shape index (κ1) is 37.3. The fraction of sp³-hybridized carbons (Fsp3) is 0.548. The fourth-order valence-electron chi connectivity index (χ4n) is 5.74. The smallest absolute Gasteiger partial charge is 0.343 e. The van der Waals surface area contributed by atoms with E-state index in [1.54, 1.807) is 24.3 Å². The summed E-state index contributed by atoms with van der Waals surface area (Å²) in [6.45, 7) is 7.96. The van der Waals surface area contributed by atoms with Gasteiger partial charge in [-0.3, -0.25) is 0 Å². The number of unbranched alkanes of at least 4 members (excludes halogenated alkanes) is 15. The van der Waals surface area contributed by atoms with Crippen molar-refractivity contribution < 1.29 is 19.0 Å². The van der Waals surface area contributed by atoms with E-state index in [1.165, 1.54) is 102 Å². The molecule has 46 heavy (non-hydrogen) atoms. The van der Waals surface area contributed by atoms with Crippen LogP contribution in [0.1, 0.15) is 152 Å². The molecule has 0 spiro atoms. The third-order valence-electron chi connectivity index (χ3n) is 8.71. The molecule has 0 N–H and O–H groups in total. The van der Waals surface area contributed by atoms with E-state index < -0.39 is 0 Å². The van der Waals surface area contributed by atoms with Gasteiger partial charge in [-0.15, -0.1) is 0 Å².